The maximum absolute atomic E-state index is 13.2. The maximum atomic E-state index is 13.2. The van der Waals surface area contributed by atoms with E-state index >= 15 is 0 Å². The number of rotatable bonds is 8. The summed E-state index contributed by atoms with van der Waals surface area (Å²) in [6, 6.07) is 5.74. The molecule has 180 valence electrons. The Bertz CT molecular complexity index is 1130. The second-order valence-corrected chi connectivity index (χ2v) is 9.81. The highest BCUT2D eigenvalue weighted by molar-refractivity contribution is 8.01. The summed E-state index contributed by atoms with van der Waals surface area (Å²) in [7, 11) is 0. The fourth-order valence-corrected chi connectivity index (χ4v) is 5.16. The molecule has 2 amide bonds. The minimum atomic E-state index is -0.502. The van der Waals surface area contributed by atoms with Crippen LogP contribution in [-0.2, 0) is 4.79 Å². The average Bonchev–Trinajstić information content (AvgIpc) is 3.36. The zero-order valence-corrected chi connectivity index (χ0v) is 20.3. The van der Waals surface area contributed by atoms with Crippen molar-refractivity contribution in [1.82, 2.24) is 24.9 Å². The predicted octanol–water partition coefficient (Wildman–Crippen LogP) is 4.01. The number of aromatic nitrogens is 4. The van der Waals surface area contributed by atoms with Crippen LogP contribution >= 0.6 is 23.1 Å². The van der Waals surface area contributed by atoms with Gasteiger partial charge >= 0.3 is 0 Å². The first-order valence-electron chi connectivity index (χ1n) is 11.1. The van der Waals surface area contributed by atoms with E-state index in [4.69, 9.17) is 4.74 Å². The van der Waals surface area contributed by atoms with Gasteiger partial charge in [-0.1, -0.05) is 35.9 Å². The Kier molecular flexibility index (Phi) is 8.12. The van der Waals surface area contributed by atoms with Gasteiger partial charge in [-0.2, -0.15) is 5.10 Å². The van der Waals surface area contributed by atoms with Gasteiger partial charge in [-0.25, -0.2) is 9.07 Å². The number of benzene rings is 1. The number of carbonyl (C=O) groups is 2. The number of amides is 2. The number of halogens is 1. The third kappa shape index (κ3) is 6.11. The number of hydrogen-bond donors (Lipinski definition) is 1. The first-order chi connectivity index (χ1) is 16.5. The predicted molar refractivity (Wildman–Crippen MR) is 128 cm³/mol. The molecular formula is C22H25FN6O3S2. The second-order valence-electron chi connectivity index (χ2n) is 7.61. The molecule has 0 saturated carbocycles. The van der Waals surface area contributed by atoms with Gasteiger partial charge in [-0.15, -0.1) is 10.2 Å². The van der Waals surface area contributed by atoms with Crippen LogP contribution in [0.4, 0.5) is 9.52 Å². The topological polar surface area (TPSA) is 102 Å². The third-order valence-corrected chi connectivity index (χ3v) is 7.15. The number of carbonyl (C=O) groups excluding carboxylic acids is 2. The minimum absolute atomic E-state index is 0.0759. The fourth-order valence-electron chi connectivity index (χ4n) is 3.51. The van der Waals surface area contributed by atoms with E-state index in [1.54, 1.807) is 25.3 Å². The largest absolute Gasteiger partial charge is 0.490 e. The highest BCUT2D eigenvalue weighted by Crippen LogP contribution is 2.27. The smallest absolute Gasteiger partial charge is 0.281 e. The average molecular weight is 505 g/mol. The van der Waals surface area contributed by atoms with E-state index < -0.39 is 5.91 Å². The summed E-state index contributed by atoms with van der Waals surface area (Å²) in [4.78, 5) is 27.3. The summed E-state index contributed by atoms with van der Waals surface area (Å²) < 4.78 is 20.8. The standard InChI is InChI=1S/C22H25FN6O3S2/c1-2-32-17-13-29(16-9-7-15(23)8-10-16)27-19(17)20(31)24-21-25-26-22(34-21)33-14-18(30)28-11-5-3-4-6-12-28/h7-10,13H,2-6,11-12,14H2,1H3,(H,24,25,31). The summed E-state index contributed by atoms with van der Waals surface area (Å²) >= 11 is 2.51. The number of thioether (sulfide) groups is 1. The lowest BCUT2D eigenvalue weighted by Crippen LogP contribution is -2.33. The van der Waals surface area contributed by atoms with Gasteiger partial charge in [0.2, 0.25) is 11.0 Å². The van der Waals surface area contributed by atoms with Gasteiger partial charge in [0, 0.05) is 13.1 Å². The summed E-state index contributed by atoms with van der Waals surface area (Å²) in [6.45, 7) is 3.77. The van der Waals surface area contributed by atoms with Crippen LogP contribution in [0.15, 0.2) is 34.8 Å². The second kappa shape index (κ2) is 11.4. The molecular weight excluding hydrogens is 479 g/mol. The van der Waals surface area contributed by atoms with Gasteiger partial charge in [0.25, 0.3) is 5.91 Å². The van der Waals surface area contributed by atoms with Crippen molar-refractivity contribution in [3.8, 4) is 11.4 Å². The molecule has 2 aromatic heterocycles. The normalized spacial score (nSPS) is 14.0. The molecule has 0 unspecified atom stereocenters. The lowest BCUT2D eigenvalue weighted by molar-refractivity contribution is -0.128. The molecule has 0 radical (unpaired) electrons. The number of anilines is 1. The zero-order valence-electron chi connectivity index (χ0n) is 18.7. The highest BCUT2D eigenvalue weighted by atomic mass is 32.2. The van der Waals surface area contributed by atoms with Crippen LogP contribution in [0.3, 0.4) is 0 Å². The molecule has 0 aliphatic carbocycles. The zero-order chi connectivity index (χ0) is 23.9. The maximum Gasteiger partial charge on any atom is 0.281 e. The van der Waals surface area contributed by atoms with Crippen molar-refractivity contribution < 1.29 is 18.7 Å². The number of nitrogens with one attached hydrogen (secondary N) is 1. The molecule has 1 saturated heterocycles. The van der Waals surface area contributed by atoms with Gasteiger partial charge in [0.15, 0.2) is 15.8 Å². The van der Waals surface area contributed by atoms with Crippen LogP contribution in [0.2, 0.25) is 0 Å². The van der Waals surface area contributed by atoms with Crippen LogP contribution in [0.25, 0.3) is 5.69 Å². The van der Waals surface area contributed by atoms with Crippen LogP contribution in [-0.4, -0.2) is 62.1 Å². The van der Waals surface area contributed by atoms with Crippen molar-refractivity contribution in [2.24, 2.45) is 0 Å². The van der Waals surface area contributed by atoms with Gasteiger partial charge in [-0.05, 0) is 44.0 Å². The van der Waals surface area contributed by atoms with Crippen LogP contribution in [0.5, 0.6) is 5.75 Å². The van der Waals surface area contributed by atoms with Gasteiger partial charge < -0.3 is 9.64 Å². The molecule has 3 aromatic rings. The minimum Gasteiger partial charge on any atom is -0.490 e. The lowest BCUT2D eigenvalue weighted by Gasteiger charge is -2.19. The number of ether oxygens (including phenoxy) is 1. The van der Waals surface area contributed by atoms with E-state index in [0.29, 0.717) is 33.3 Å². The van der Waals surface area contributed by atoms with Crippen molar-refractivity contribution in [2.75, 3.05) is 30.8 Å². The van der Waals surface area contributed by atoms with Gasteiger partial charge in [-0.3, -0.25) is 14.9 Å². The SMILES string of the molecule is CCOc1cn(-c2ccc(F)cc2)nc1C(=O)Nc1nnc(SCC(=O)N2CCCCCC2)s1. The number of hydrogen-bond acceptors (Lipinski definition) is 8. The Balaban J connectivity index is 1.39. The summed E-state index contributed by atoms with van der Waals surface area (Å²) in [6.07, 6.45) is 6.01. The first kappa shape index (κ1) is 24.1. The number of likely N-dealkylation sites (tertiary alicyclic amines) is 1. The Morgan fingerprint density at radius 2 is 1.88 bits per heavy atom. The monoisotopic (exact) mass is 504 g/mol. The fraction of sp³-hybridized carbons (Fsp3) is 0.409. The molecule has 4 rings (SSSR count). The van der Waals surface area contributed by atoms with Crippen molar-refractivity contribution in [2.45, 2.75) is 36.9 Å². The van der Waals surface area contributed by atoms with Crippen molar-refractivity contribution >= 4 is 40.0 Å². The molecule has 1 aromatic carbocycles. The summed E-state index contributed by atoms with van der Waals surface area (Å²) in [5, 5.41) is 15.4. The Morgan fingerprint density at radius 1 is 1.15 bits per heavy atom. The first-order valence-corrected chi connectivity index (χ1v) is 12.9. The molecule has 12 heteroatoms. The molecule has 1 aliphatic rings. The quantitative estimate of drug-likeness (QED) is 0.365. The Hall–Kier alpha value is -2.99. The van der Waals surface area contributed by atoms with Crippen LogP contribution in [0, 0.1) is 5.82 Å². The highest BCUT2D eigenvalue weighted by Gasteiger charge is 2.21. The Labute approximate surface area is 204 Å². The van der Waals surface area contributed by atoms with E-state index in [1.165, 1.54) is 52.8 Å². The van der Waals surface area contributed by atoms with Crippen LogP contribution in [0.1, 0.15) is 43.1 Å². The number of nitrogens with zero attached hydrogens (tertiary/aromatic N) is 5. The molecule has 0 spiro atoms. The van der Waals surface area contributed by atoms with Crippen molar-refractivity contribution in [3.63, 3.8) is 0 Å². The van der Waals surface area contributed by atoms with E-state index in [0.717, 1.165) is 25.9 Å². The molecule has 1 fully saturated rings. The van der Waals surface area contributed by atoms with E-state index in [1.807, 2.05) is 4.90 Å². The van der Waals surface area contributed by atoms with Crippen molar-refractivity contribution in [3.05, 3.63) is 42.0 Å². The molecule has 9 nitrogen and oxygen atoms in total. The van der Waals surface area contributed by atoms with E-state index in [9.17, 15) is 14.0 Å². The van der Waals surface area contributed by atoms with E-state index in [-0.39, 0.29) is 17.4 Å². The molecule has 0 atom stereocenters. The summed E-state index contributed by atoms with van der Waals surface area (Å²) in [5.41, 5.74) is 0.664. The third-order valence-electron chi connectivity index (χ3n) is 5.19. The summed E-state index contributed by atoms with van der Waals surface area (Å²) in [5.74, 6) is -0.180. The van der Waals surface area contributed by atoms with Gasteiger partial charge in [0.1, 0.15) is 5.82 Å². The molecule has 0 bridgehead atoms. The van der Waals surface area contributed by atoms with Crippen LogP contribution < -0.4 is 10.1 Å². The molecule has 1 aliphatic heterocycles. The molecule has 1 N–H and O–H groups in total. The lowest BCUT2D eigenvalue weighted by atomic mass is 10.2. The van der Waals surface area contributed by atoms with E-state index in [2.05, 4.69) is 20.6 Å². The van der Waals surface area contributed by atoms with Gasteiger partial charge in [0.05, 0.1) is 24.2 Å². The Morgan fingerprint density at radius 3 is 2.59 bits per heavy atom. The molecule has 34 heavy (non-hydrogen) atoms. The van der Waals surface area contributed by atoms with Crippen molar-refractivity contribution in [1.29, 1.82) is 0 Å². The molecule has 3 heterocycles.